The van der Waals surface area contributed by atoms with Crippen molar-refractivity contribution >= 4 is 29.3 Å². The fraction of sp³-hybridized carbons (Fsp3) is 0.357. The smallest absolute Gasteiger partial charge is 0.125 e. The van der Waals surface area contributed by atoms with E-state index in [1.165, 1.54) is 0 Å². The van der Waals surface area contributed by atoms with Gasteiger partial charge in [-0.3, -0.25) is 5.01 Å². The second-order valence-corrected chi connectivity index (χ2v) is 4.83. The van der Waals surface area contributed by atoms with Gasteiger partial charge in [0.2, 0.25) is 0 Å². The van der Waals surface area contributed by atoms with Gasteiger partial charge in [-0.2, -0.15) is 10.4 Å². The van der Waals surface area contributed by atoms with Crippen LogP contribution in [0.5, 0.6) is 0 Å². The number of hydrogen-bond acceptors (Lipinski definition) is 4. The zero-order valence-electron chi connectivity index (χ0n) is 11.2. The monoisotopic (exact) mass is 277 g/mol. The normalized spacial score (nSPS) is 11.3. The van der Waals surface area contributed by atoms with E-state index in [1.807, 2.05) is 19.9 Å². The van der Waals surface area contributed by atoms with E-state index in [4.69, 9.17) is 16.9 Å². The third-order valence-corrected chi connectivity index (χ3v) is 2.80. The van der Waals surface area contributed by atoms with E-state index in [2.05, 4.69) is 5.10 Å². The number of carbonyl (C=O) groups excluding carboxylic acids is 1. The predicted octanol–water partition coefficient (Wildman–Crippen LogP) is 3.39. The number of carbonyl (C=O) groups is 1. The second kappa shape index (κ2) is 6.91. The first-order valence-electron chi connectivity index (χ1n) is 5.96. The Balaban J connectivity index is 3.14. The summed E-state index contributed by atoms with van der Waals surface area (Å²) in [6, 6.07) is 7.30. The highest BCUT2D eigenvalue weighted by Gasteiger charge is 2.12. The third-order valence-electron chi connectivity index (χ3n) is 2.48. The number of hydrogen-bond donors (Lipinski definition) is 0. The maximum atomic E-state index is 10.5. The zero-order valence-corrected chi connectivity index (χ0v) is 12.0. The first-order valence-corrected chi connectivity index (χ1v) is 6.34. The molecule has 0 N–H and O–H groups in total. The molecule has 0 spiro atoms. The predicted molar refractivity (Wildman–Crippen MR) is 77.6 cm³/mol. The van der Waals surface area contributed by atoms with Crippen LogP contribution in [0.3, 0.4) is 0 Å². The van der Waals surface area contributed by atoms with Crippen LogP contribution >= 0.6 is 11.6 Å². The minimum absolute atomic E-state index is 0.116. The summed E-state index contributed by atoms with van der Waals surface area (Å²) in [7, 11) is 0. The fourth-order valence-corrected chi connectivity index (χ4v) is 1.77. The number of aldehydes is 1. The highest BCUT2D eigenvalue weighted by molar-refractivity contribution is 6.32. The molecule has 1 aromatic rings. The van der Waals surface area contributed by atoms with E-state index in [9.17, 15) is 4.79 Å². The van der Waals surface area contributed by atoms with Gasteiger partial charge in [-0.15, -0.1) is 0 Å². The van der Waals surface area contributed by atoms with Crippen molar-refractivity contribution in [1.29, 1.82) is 5.26 Å². The average Bonchev–Trinajstić information content (AvgIpc) is 2.36. The molecule has 0 saturated heterocycles. The highest BCUT2D eigenvalue weighted by atomic mass is 35.5. The molecule has 4 nitrogen and oxygen atoms in total. The summed E-state index contributed by atoms with van der Waals surface area (Å²) in [6.07, 6.45) is 1.12. The minimum Gasteiger partial charge on any atom is -0.303 e. The van der Waals surface area contributed by atoms with Gasteiger partial charge in [0.05, 0.1) is 16.3 Å². The summed E-state index contributed by atoms with van der Waals surface area (Å²) in [6.45, 7) is 5.78. The molecule has 0 atom stereocenters. The van der Waals surface area contributed by atoms with E-state index in [1.54, 1.807) is 30.1 Å². The quantitative estimate of drug-likeness (QED) is 0.471. The minimum atomic E-state index is 0.116. The summed E-state index contributed by atoms with van der Waals surface area (Å²) in [5, 5.41) is 15.4. The van der Waals surface area contributed by atoms with Crippen molar-refractivity contribution in [2.45, 2.75) is 33.2 Å². The average molecular weight is 278 g/mol. The van der Waals surface area contributed by atoms with Crippen LogP contribution in [0.4, 0.5) is 5.69 Å². The molecular formula is C14H16ClN3O. The molecule has 0 aliphatic heterocycles. The first-order chi connectivity index (χ1) is 8.99. The SMILES string of the molecule is C/C(CC=O)=N/N(c1ccc(C#N)c(Cl)c1)C(C)C. The van der Waals surface area contributed by atoms with Crippen LogP contribution in [-0.2, 0) is 4.79 Å². The molecule has 1 rings (SSSR count). The van der Waals surface area contributed by atoms with Crippen molar-refractivity contribution in [2.75, 3.05) is 5.01 Å². The van der Waals surface area contributed by atoms with E-state index in [-0.39, 0.29) is 6.04 Å². The summed E-state index contributed by atoms with van der Waals surface area (Å²) >= 11 is 6.02. The second-order valence-electron chi connectivity index (χ2n) is 4.42. The Morgan fingerprint density at radius 2 is 2.26 bits per heavy atom. The van der Waals surface area contributed by atoms with Gasteiger partial charge < -0.3 is 4.79 Å². The van der Waals surface area contributed by atoms with Crippen molar-refractivity contribution < 1.29 is 4.79 Å². The number of nitriles is 1. The number of nitrogens with zero attached hydrogens (tertiary/aromatic N) is 3. The summed E-state index contributed by atoms with van der Waals surface area (Å²) < 4.78 is 0. The Morgan fingerprint density at radius 1 is 1.58 bits per heavy atom. The largest absolute Gasteiger partial charge is 0.303 e. The lowest BCUT2D eigenvalue weighted by Gasteiger charge is -2.24. The molecule has 5 heteroatoms. The van der Waals surface area contributed by atoms with Gasteiger partial charge in [0.25, 0.3) is 0 Å². The molecule has 0 aromatic heterocycles. The molecule has 0 saturated carbocycles. The fourth-order valence-electron chi connectivity index (χ4n) is 1.55. The topological polar surface area (TPSA) is 56.5 Å². The molecule has 0 unspecified atom stereocenters. The summed E-state index contributed by atoms with van der Waals surface area (Å²) in [4.78, 5) is 10.5. The maximum absolute atomic E-state index is 10.5. The standard InChI is InChI=1S/C14H16ClN3O/c1-10(2)18(17-11(3)6-7-19)13-5-4-12(9-16)14(15)8-13/h4-5,7-8,10H,6H2,1-3H3/b17-11-. The van der Waals surface area contributed by atoms with E-state index >= 15 is 0 Å². The molecule has 0 fully saturated rings. The molecule has 1 aromatic carbocycles. The third kappa shape index (κ3) is 4.08. The van der Waals surface area contributed by atoms with Crippen molar-refractivity contribution in [1.82, 2.24) is 0 Å². The molecule has 0 aliphatic carbocycles. The van der Waals surface area contributed by atoms with Gasteiger partial charge in [-0.1, -0.05) is 11.6 Å². The molecule has 0 heterocycles. The van der Waals surface area contributed by atoms with Crippen LogP contribution in [0, 0.1) is 11.3 Å². The van der Waals surface area contributed by atoms with Crippen molar-refractivity contribution in [3.8, 4) is 6.07 Å². The molecule has 19 heavy (non-hydrogen) atoms. The Morgan fingerprint density at radius 3 is 2.74 bits per heavy atom. The maximum Gasteiger partial charge on any atom is 0.125 e. The number of benzene rings is 1. The molecule has 100 valence electrons. The number of halogens is 1. The molecule has 0 radical (unpaired) electrons. The van der Waals surface area contributed by atoms with Crippen LogP contribution in [0.15, 0.2) is 23.3 Å². The summed E-state index contributed by atoms with van der Waals surface area (Å²) in [5.41, 5.74) is 1.95. The Kier molecular flexibility index (Phi) is 5.53. The van der Waals surface area contributed by atoms with Crippen molar-refractivity contribution in [2.24, 2.45) is 5.10 Å². The van der Waals surface area contributed by atoms with Gasteiger partial charge in [-0.25, -0.2) is 0 Å². The highest BCUT2D eigenvalue weighted by Crippen LogP contribution is 2.25. The van der Waals surface area contributed by atoms with Gasteiger partial charge in [0.15, 0.2) is 0 Å². The van der Waals surface area contributed by atoms with Gasteiger partial charge >= 0.3 is 0 Å². The van der Waals surface area contributed by atoms with Crippen LogP contribution in [0.1, 0.15) is 32.8 Å². The summed E-state index contributed by atoms with van der Waals surface area (Å²) in [5.74, 6) is 0. The van der Waals surface area contributed by atoms with E-state index in [0.29, 0.717) is 17.0 Å². The molecule has 0 bridgehead atoms. The van der Waals surface area contributed by atoms with Crippen molar-refractivity contribution in [3.05, 3.63) is 28.8 Å². The van der Waals surface area contributed by atoms with Crippen LogP contribution < -0.4 is 5.01 Å². The van der Waals surface area contributed by atoms with Crippen LogP contribution in [0.25, 0.3) is 0 Å². The number of hydrazone groups is 1. The van der Waals surface area contributed by atoms with Crippen molar-refractivity contribution in [3.63, 3.8) is 0 Å². The zero-order chi connectivity index (χ0) is 14.4. The lowest BCUT2D eigenvalue weighted by Crippen LogP contribution is -2.26. The molecule has 0 aliphatic rings. The van der Waals surface area contributed by atoms with Crippen LogP contribution in [-0.4, -0.2) is 18.0 Å². The van der Waals surface area contributed by atoms with Gasteiger partial charge in [-0.05, 0) is 39.0 Å². The molecular weight excluding hydrogens is 262 g/mol. The Labute approximate surface area is 118 Å². The van der Waals surface area contributed by atoms with E-state index < -0.39 is 0 Å². The number of anilines is 1. The first kappa shape index (κ1) is 15.2. The lowest BCUT2D eigenvalue weighted by atomic mass is 10.2. The molecule has 0 amide bonds. The van der Waals surface area contributed by atoms with E-state index in [0.717, 1.165) is 17.7 Å². The number of rotatable bonds is 5. The Bertz CT molecular complexity index is 532. The van der Waals surface area contributed by atoms with Gasteiger partial charge in [0.1, 0.15) is 12.4 Å². The Hall–Kier alpha value is -1.86. The lowest BCUT2D eigenvalue weighted by molar-refractivity contribution is -0.106. The van der Waals surface area contributed by atoms with Crippen LogP contribution in [0.2, 0.25) is 5.02 Å². The van der Waals surface area contributed by atoms with Gasteiger partial charge in [0, 0.05) is 18.2 Å².